The second kappa shape index (κ2) is 8.14. The first-order chi connectivity index (χ1) is 10.2. The van der Waals surface area contributed by atoms with Gasteiger partial charge in [-0.25, -0.2) is 8.42 Å². The normalized spacial score (nSPS) is 11.5. The summed E-state index contributed by atoms with van der Waals surface area (Å²) in [5.41, 5.74) is 1.47. The van der Waals surface area contributed by atoms with E-state index in [1.807, 2.05) is 13.8 Å². The Labute approximate surface area is 132 Å². The molecule has 0 radical (unpaired) electrons. The third kappa shape index (κ3) is 6.44. The molecule has 0 aliphatic rings. The molecule has 7 heteroatoms. The van der Waals surface area contributed by atoms with E-state index in [0.717, 1.165) is 12.7 Å². The van der Waals surface area contributed by atoms with Crippen molar-refractivity contribution in [3.05, 3.63) is 29.3 Å². The molecule has 0 aliphatic heterocycles. The number of ether oxygens (including phenoxy) is 1. The van der Waals surface area contributed by atoms with Crippen LogP contribution in [0.2, 0.25) is 0 Å². The quantitative estimate of drug-likeness (QED) is 0.714. The third-order valence-corrected chi connectivity index (χ3v) is 3.52. The number of sulfonamides is 1. The van der Waals surface area contributed by atoms with Crippen LogP contribution in [0, 0.1) is 6.92 Å². The van der Waals surface area contributed by atoms with E-state index in [1.54, 1.807) is 25.1 Å². The molecule has 0 heterocycles. The van der Waals surface area contributed by atoms with Crippen molar-refractivity contribution < 1.29 is 17.9 Å². The largest absolute Gasteiger partial charge is 0.379 e. The van der Waals surface area contributed by atoms with Gasteiger partial charge in [0.1, 0.15) is 0 Å². The molecule has 0 saturated heterocycles. The summed E-state index contributed by atoms with van der Waals surface area (Å²) < 4.78 is 30.4. The summed E-state index contributed by atoms with van der Waals surface area (Å²) in [5, 5.41) is 2.81. The van der Waals surface area contributed by atoms with E-state index in [2.05, 4.69) is 10.0 Å². The van der Waals surface area contributed by atoms with Gasteiger partial charge in [0.25, 0.3) is 5.91 Å². The van der Waals surface area contributed by atoms with Crippen LogP contribution in [-0.4, -0.2) is 39.8 Å². The third-order valence-electron chi connectivity index (χ3n) is 2.93. The van der Waals surface area contributed by atoms with Crippen LogP contribution in [0.15, 0.2) is 18.2 Å². The van der Waals surface area contributed by atoms with Crippen LogP contribution < -0.4 is 10.0 Å². The lowest BCUT2D eigenvalue weighted by Crippen LogP contribution is -2.26. The number of carbonyl (C=O) groups excluding carboxylic acids is 1. The Balaban J connectivity index is 2.64. The molecule has 0 aliphatic carbocycles. The molecule has 1 amide bonds. The molecule has 0 fully saturated rings. The highest BCUT2D eigenvalue weighted by atomic mass is 32.2. The van der Waals surface area contributed by atoms with Crippen molar-refractivity contribution >= 4 is 21.6 Å². The van der Waals surface area contributed by atoms with E-state index in [0.29, 0.717) is 30.0 Å². The maximum absolute atomic E-state index is 12.2. The number of rotatable bonds is 8. The zero-order valence-corrected chi connectivity index (χ0v) is 14.3. The fraction of sp³-hybridized carbons (Fsp3) is 0.533. The highest BCUT2D eigenvalue weighted by Crippen LogP contribution is 2.19. The average molecular weight is 328 g/mol. The second-order valence-corrected chi connectivity index (χ2v) is 7.13. The minimum Gasteiger partial charge on any atom is -0.379 e. The molecule has 0 saturated carbocycles. The maximum atomic E-state index is 12.2. The summed E-state index contributed by atoms with van der Waals surface area (Å²) in [7, 11) is -3.37. The van der Waals surface area contributed by atoms with Gasteiger partial charge in [0.05, 0.1) is 18.0 Å². The van der Waals surface area contributed by atoms with Crippen molar-refractivity contribution in [3.8, 4) is 0 Å². The zero-order valence-electron chi connectivity index (χ0n) is 13.5. The van der Waals surface area contributed by atoms with Crippen LogP contribution in [0.1, 0.15) is 36.2 Å². The predicted octanol–water partition coefficient (Wildman–Crippen LogP) is 1.91. The van der Waals surface area contributed by atoms with Crippen molar-refractivity contribution in [1.82, 2.24) is 5.32 Å². The van der Waals surface area contributed by atoms with E-state index in [1.165, 1.54) is 0 Å². The smallest absolute Gasteiger partial charge is 0.251 e. The first-order valence-electron chi connectivity index (χ1n) is 7.18. The second-order valence-electron chi connectivity index (χ2n) is 5.38. The first kappa shape index (κ1) is 18.4. The standard InChI is InChI=1S/C15H24N2O4S/c1-11(2)21-10-6-9-16-15(18)13-7-5-8-14(12(13)3)17-22(4,19)20/h5,7-8,11,17H,6,9-10H2,1-4H3,(H,16,18). The number of amides is 1. The average Bonchev–Trinajstić information content (AvgIpc) is 2.38. The fourth-order valence-corrected chi connectivity index (χ4v) is 2.50. The van der Waals surface area contributed by atoms with Gasteiger partial charge in [-0.05, 0) is 44.9 Å². The van der Waals surface area contributed by atoms with Crippen LogP contribution in [0.25, 0.3) is 0 Å². The summed E-state index contributed by atoms with van der Waals surface area (Å²) in [4.78, 5) is 12.2. The Morgan fingerprint density at radius 2 is 2.00 bits per heavy atom. The molecule has 0 bridgehead atoms. The van der Waals surface area contributed by atoms with E-state index in [-0.39, 0.29) is 12.0 Å². The molecule has 22 heavy (non-hydrogen) atoms. The van der Waals surface area contributed by atoms with E-state index >= 15 is 0 Å². The van der Waals surface area contributed by atoms with Gasteiger partial charge in [0.2, 0.25) is 10.0 Å². The van der Waals surface area contributed by atoms with Gasteiger partial charge in [-0.2, -0.15) is 0 Å². The Kier molecular flexibility index (Phi) is 6.83. The molecule has 0 atom stereocenters. The van der Waals surface area contributed by atoms with Crippen LogP contribution in [0.4, 0.5) is 5.69 Å². The summed E-state index contributed by atoms with van der Waals surface area (Å²) in [6, 6.07) is 4.95. The van der Waals surface area contributed by atoms with Gasteiger partial charge < -0.3 is 10.1 Å². The van der Waals surface area contributed by atoms with Crippen LogP contribution in [-0.2, 0) is 14.8 Å². The summed E-state index contributed by atoms with van der Waals surface area (Å²) in [6.45, 7) is 6.73. The van der Waals surface area contributed by atoms with Gasteiger partial charge in [0, 0.05) is 18.7 Å². The molecular formula is C15H24N2O4S. The van der Waals surface area contributed by atoms with Gasteiger partial charge >= 0.3 is 0 Å². The molecule has 6 nitrogen and oxygen atoms in total. The van der Waals surface area contributed by atoms with Crippen molar-refractivity contribution in [3.63, 3.8) is 0 Å². The minimum absolute atomic E-state index is 0.177. The molecular weight excluding hydrogens is 304 g/mol. The van der Waals surface area contributed by atoms with Crippen molar-refractivity contribution in [2.24, 2.45) is 0 Å². The Morgan fingerprint density at radius 3 is 2.59 bits per heavy atom. The SMILES string of the molecule is Cc1c(NS(C)(=O)=O)cccc1C(=O)NCCCOC(C)C. The summed E-state index contributed by atoms with van der Waals surface area (Å²) in [5.74, 6) is -0.223. The molecule has 1 aromatic rings. The van der Waals surface area contributed by atoms with E-state index in [9.17, 15) is 13.2 Å². The zero-order chi connectivity index (χ0) is 16.8. The molecule has 1 aromatic carbocycles. The molecule has 0 unspecified atom stereocenters. The number of nitrogens with one attached hydrogen (secondary N) is 2. The number of hydrogen-bond donors (Lipinski definition) is 2. The molecule has 0 aromatic heterocycles. The van der Waals surface area contributed by atoms with Gasteiger partial charge in [-0.15, -0.1) is 0 Å². The number of hydrogen-bond acceptors (Lipinski definition) is 4. The van der Waals surface area contributed by atoms with Crippen LogP contribution in [0.3, 0.4) is 0 Å². The molecule has 124 valence electrons. The predicted molar refractivity (Wildman–Crippen MR) is 87.7 cm³/mol. The topological polar surface area (TPSA) is 84.5 Å². The van der Waals surface area contributed by atoms with Crippen molar-refractivity contribution in [1.29, 1.82) is 0 Å². The lowest BCUT2D eigenvalue weighted by atomic mass is 10.1. The monoisotopic (exact) mass is 328 g/mol. The number of anilines is 1. The Hall–Kier alpha value is -1.60. The van der Waals surface area contributed by atoms with Gasteiger partial charge in [0.15, 0.2) is 0 Å². The number of carbonyl (C=O) groups is 1. The van der Waals surface area contributed by atoms with Crippen LogP contribution >= 0.6 is 0 Å². The Bertz CT molecular complexity index is 612. The van der Waals surface area contributed by atoms with Crippen molar-refractivity contribution in [2.45, 2.75) is 33.3 Å². The highest BCUT2D eigenvalue weighted by Gasteiger charge is 2.13. The van der Waals surface area contributed by atoms with Gasteiger partial charge in [-0.3, -0.25) is 9.52 Å². The van der Waals surface area contributed by atoms with Crippen LogP contribution in [0.5, 0.6) is 0 Å². The highest BCUT2D eigenvalue weighted by molar-refractivity contribution is 7.92. The lowest BCUT2D eigenvalue weighted by molar-refractivity contribution is 0.0757. The van der Waals surface area contributed by atoms with Gasteiger partial charge in [-0.1, -0.05) is 6.07 Å². The first-order valence-corrected chi connectivity index (χ1v) is 9.07. The lowest BCUT2D eigenvalue weighted by Gasteiger charge is -2.12. The fourth-order valence-electron chi connectivity index (χ4n) is 1.88. The molecule has 0 spiro atoms. The molecule has 2 N–H and O–H groups in total. The minimum atomic E-state index is -3.37. The summed E-state index contributed by atoms with van der Waals surface area (Å²) in [6.07, 6.45) is 1.98. The summed E-state index contributed by atoms with van der Waals surface area (Å²) >= 11 is 0. The maximum Gasteiger partial charge on any atom is 0.251 e. The van der Waals surface area contributed by atoms with Crippen molar-refractivity contribution in [2.75, 3.05) is 24.1 Å². The van der Waals surface area contributed by atoms with E-state index < -0.39 is 10.0 Å². The Morgan fingerprint density at radius 1 is 1.32 bits per heavy atom. The number of benzene rings is 1. The molecule has 1 rings (SSSR count). The van der Waals surface area contributed by atoms with E-state index in [4.69, 9.17) is 4.74 Å².